The quantitative estimate of drug-likeness (QED) is 0.145. The zero-order chi connectivity index (χ0) is 89.1. The van der Waals surface area contributed by atoms with Crippen molar-refractivity contribution in [1.29, 1.82) is 0 Å². The number of nitrogens with zero attached hydrogens (tertiary/aromatic N) is 6. The minimum Gasteiger partial charge on any atom is -0.344 e. The topological polar surface area (TPSA) is 29.6 Å². The monoisotopic (exact) mass is 1690 g/mol. The molecule has 0 atom stereocenters. The first-order chi connectivity index (χ1) is 65.0. The van der Waals surface area contributed by atoms with Gasteiger partial charge in [0.15, 0.2) is 0 Å². The summed E-state index contributed by atoms with van der Waals surface area (Å²) >= 11 is 0. The van der Waals surface area contributed by atoms with Gasteiger partial charge in [0.25, 0.3) is 0 Å². The molecule has 6 heteroatoms. The molecule has 0 fully saturated rings. The minimum atomic E-state index is 1.20. The molecular weight excluding hydrogens is 1600 g/mol. The van der Waals surface area contributed by atoms with Gasteiger partial charge in [0.1, 0.15) is 0 Å². The summed E-state index contributed by atoms with van der Waals surface area (Å²) in [7, 11) is 6.41. The van der Waals surface area contributed by atoms with Crippen LogP contribution in [-0.4, -0.2) is 27.4 Å². The highest BCUT2D eigenvalue weighted by atomic mass is 15.0. The molecule has 0 aliphatic carbocycles. The van der Waals surface area contributed by atoms with E-state index in [1.54, 1.807) is 0 Å². The van der Waals surface area contributed by atoms with Crippen LogP contribution < -0.4 is 0 Å². The fourth-order valence-electron chi connectivity index (χ4n) is 19.6. The summed E-state index contributed by atoms with van der Waals surface area (Å²) < 4.78 is 13.9. The predicted molar refractivity (Wildman–Crippen MR) is 565 cm³/mol. The van der Waals surface area contributed by atoms with E-state index in [4.69, 9.17) is 0 Å². The lowest BCUT2D eigenvalue weighted by Gasteiger charge is -2.08. The summed E-state index contributed by atoms with van der Waals surface area (Å²) in [6, 6.07) is 173. The Balaban J connectivity index is 0.0000000959. The van der Waals surface area contributed by atoms with E-state index in [1.807, 2.05) is 0 Å². The molecule has 26 aromatic rings. The van der Waals surface area contributed by atoms with Crippen LogP contribution in [0.1, 0.15) is 16.7 Å². The van der Waals surface area contributed by atoms with Gasteiger partial charge < -0.3 is 27.4 Å². The molecule has 0 saturated heterocycles. The van der Waals surface area contributed by atoms with Crippen molar-refractivity contribution in [2.75, 3.05) is 0 Å². The van der Waals surface area contributed by atoms with Gasteiger partial charge in [-0.2, -0.15) is 0 Å². The van der Waals surface area contributed by atoms with Gasteiger partial charge >= 0.3 is 0 Å². The Morgan fingerprint density at radius 2 is 0.386 bits per heavy atom. The van der Waals surface area contributed by atoms with E-state index in [1.165, 1.54) is 220 Å². The number of rotatable bonds is 8. The zero-order valence-electron chi connectivity index (χ0n) is 74.9. The van der Waals surface area contributed by atoms with Gasteiger partial charge in [0.2, 0.25) is 0 Å². The lowest BCUT2D eigenvalue weighted by molar-refractivity contribution is 1.01. The molecule has 0 radical (unpaired) electrons. The maximum atomic E-state index is 2.37. The number of fused-ring (bicyclic) bond motifs is 18. The SMILES string of the molecule is Cc1ccc2c(c1)c1cc(-c3ccccc3)ccc1n2-c1ccccc1.Cc1ccc2c3cc(-c4ccccc4)ccc3n(-c3ccccc3)c2c1.Cc1ccc2c3ccccc3n(-c3ccccc3)c2c1.Cn1c2ccccc2c2c(-c3ccccc3)cccc21.Cn1c2ccccc2c2cc(-c3ccccc3)ccc21.Cn1c2ccccc2c2ccc(-c3ccccc3)cc21. The number of para-hydroxylation sites is 7. The van der Waals surface area contributed by atoms with Gasteiger partial charge in [-0.1, -0.05) is 357 Å². The van der Waals surface area contributed by atoms with E-state index in [-0.39, 0.29) is 0 Å². The number of hydrogen-bond acceptors (Lipinski definition) is 0. The Hall–Kier alpha value is -16.8. The lowest BCUT2D eigenvalue weighted by Crippen LogP contribution is -1.93. The molecular formula is C126H98N6. The van der Waals surface area contributed by atoms with Crippen molar-refractivity contribution >= 4 is 131 Å². The van der Waals surface area contributed by atoms with Gasteiger partial charge in [0.05, 0.1) is 33.1 Å². The Labute approximate surface area is 769 Å². The average molecular weight is 1700 g/mol. The van der Waals surface area contributed by atoms with Gasteiger partial charge in [-0.05, 0) is 221 Å². The van der Waals surface area contributed by atoms with Gasteiger partial charge in [0, 0.05) is 136 Å². The fourth-order valence-corrected chi connectivity index (χ4v) is 19.6. The van der Waals surface area contributed by atoms with Gasteiger partial charge in [-0.25, -0.2) is 0 Å². The van der Waals surface area contributed by atoms with Crippen LogP contribution in [0.4, 0.5) is 0 Å². The second-order valence-corrected chi connectivity index (χ2v) is 34.3. The second kappa shape index (κ2) is 36.1. The summed E-state index contributed by atoms with van der Waals surface area (Å²) in [5.41, 5.74) is 35.4. The van der Waals surface area contributed by atoms with E-state index in [0.717, 1.165) is 0 Å². The van der Waals surface area contributed by atoms with Gasteiger partial charge in [-0.15, -0.1) is 0 Å². The van der Waals surface area contributed by atoms with Crippen molar-refractivity contribution < 1.29 is 0 Å². The zero-order valence-corrected chi connectivity index (χ0v) is 74.9. The van der Waals surface area contributed by atoms with E-state index in [9.17, 15) is 0 Å². The molecule has 0 bridgehead atoms. The first kappa shape index (κ1) is 82.2. The maximum Gasteiger partial charge on any atom is 0.0543 e. The third kappa shape index (κ3) is 15.8. The Morgan fingerprint density at radius 1 is 0.136 bits per heavy atom. The molecule has 132 heavy (non-hydrogen) atoms. The van der Waals surface area contributed by atoms with Crippen molar-refractivity contribution in [1.82, 2.24) is 27.4 Å². The standard InChI is InChI=1S/2C25H19N.4C19H15N/c1-18-12-14-24-22(16-18)23-17-20(19-8-4-2-5-9-19)13-15-25(23)26(24)21-10-6-3-7-11-21;1-18-12-14-22-23-17-20(19-8-4-2-5-9-19)13-15-24(23)26(25(22)16-18)21-10-6-3-7-11-21;1-20-17-12-6-5-10-16(17)19-15(11-7-13-18(19)20)14-8-3-2-4-9-14;1-20-18-10-6-5-9-16(18)17-13-15(11-12-19(17)20)14-7-3-2-4-8-14;1-20-18-10-6-5-9-16(18)17-12-11-15(13-19(17)20)14-7-3-2-4-8-14;1-14-11-12-17-16-9-5-6-10-18(16)20(19(17)13-14)15-7-3-2-4-8-15/h2*2-17H,1H3;4*2-13H,1H3. The summed E-state index contributed by atoms with van der Waals surface area (Å²) in [5.74, 6) is 0. The number of benzene rings is 20. The average Bonchev–Trinajstić information content (AvgIpc) is 1.60. The highest BCUT2D eigenvalue weighted by Crippen LogP contribution is 2.42. The first-order valence-electron chi connectivity index (χ1n) is 45.5. The predicted octanol–water partition coefficient (Wildman–Crippen LogP) is 33.6. The largest absolute Gasteiger partial charge is 0.344 e. The van der Waals surface area contributed by atoms with Crippen LogP contribution in [-0.2, 0) is 21.1 Å². The van der Waals surface area contributed by atoms with Crippen LogP contribution in [0.3, 0.4) is 0 Å². The maximum absolute atomic E-state index is 2.37. The second-order valence-electron chi connectivity index (χ2n) is 34.3. The number of aromatic nitrogens is 6. The van der Waals surface area contributed by atoms with Crippen LogP contribution in [0.15, 0.2) is 485 Å². The Morgan fingerprint density at radius 3 is 0.848 bits per heavy atom. The molecule has 26 rings (SSSR count). The van der Waals surface area contributed by atoms with E-state index in [0.29, 0.717) is 0 Å². The molecule has 20 aromatic carbocycles. The molecule has 0 aliphatic heterocycles. The lowest BCUT2D eigenvalue weighted by atomic mass is 10.00. The summed E-state index contributed by atoms with van der Waals surface area (Å²) in [6.45, 7) is 6.46. The normalized spacial score (nSPS) is 11.3. The van der Waals surface area contributed by atoms with Crippen LogP contribution >= 0.6 is 0 Å². The molecule has 0 aliphatic rings. The summed E-state index contributed by atoms with van der Waals surface area (Å²) in [5, 5.41) is 15.8. The van der Waals surface area contributed by atoms with Crippen LogP contribution in [0.2, 0.25) is 0 Å². The van der Waals surface area contributed by atoms with E-state index in [2.05, 4.69) is 555 Å². The number of aryl methyl sites for hydroxylation is 6. The van der Waals surface area contributed by atoms with E-state index < -0.39 is 0 Å². The van der Waals surface area contributed by atoms with Crippen molar-refractivity contribution in [2.24, 2.45) is 21.1 Å². The summed E-state index contributed by atoms with van der Waals surface area (Å²) in [6.07, 6.45) is 0. The molecule has 6 aromatic heterocycles. The Kier molecular flexibility index (Phi) is 22.5. The van der Waals surface area contributed by atoms with Crippen LogP contribution in [0.25, 0.3) is 204 Å². The first-order valence-corrected chi connectivity index (χ1v) is 45.5. The third-order valence-corrected chi connectivity index (χ3v) is 26.0. The Bertz CT molecular complexity index is 8640. The third-order valence-electron chi connectivity index (χ3n) is 26.0. The van der Waals surface area contributed by atoms with Crippen molar-refractivity contribution in [3.63, 3.8) is 0 Å². The fraction of sp³-hybridized carbons (Fsp3) is 0.0476. The molecule has 0 saturated carbocycles. The molecule has 0 spiro atoms. The molecule has 0 amide bonds. The molecule has 0 N–H and O–H groups in total. The van der Waals surface area contributed by atoms with Crippen molar-refractivity contribution in [2.45, 2.75) is 20.8 Å². The number of hydrogen-bond donors (Lipinski definition) is 0. The van der Waals surface area contributed by atoms with Crippen LogP contribution in [0.5, 0.6) is 0 Å². The van der Waals surface area contributed by atoms with Crippen molar-refractivity contribution in [3.8, 4) is 72.7 Å². The minimum absolute atomic E-state index is 1.20. The van der Waals surface area contributed by atoms with Gasteiger partial charge in [-0.3, -0.25) is 0 Å². The molecule has 632 valence electrons. The highest BCUT2D eigenvalue weighted by Gasteiger charge is 2.20. The molecule has 6 nitrogen and oxygen atoms in total. The molecule has 6 heterocycles. The van der Waals surface area contributed by atoms with E-state index >= 15 is 0 Å². The van der Waals surface area contributed by atoms with Crippen LogP contribution in [0, 0.1) is 20.8 Å². The molecule has 0 unspecified atom stereocenters. The highest BCUT2D eigenvalue weighted by molar-refractivity contribution is 6.17. The summed E-state index contributed by atoms with van der Waals surface area (Å²) in [4.78, 5) is 0. The van der Waals surface area contributed by atoms with Crippen molar-refractivity contribution in [3.05, 3.63) is 502 Å². The smallest absolute Gasteiger partial charge is 0.0543 e.